The van der Waals surface area contributed by atoms with Crippen molar-refractivity contribution in [1.29, 1.82) is 0 Å². The van der Waals surface area contributed by atoms with Gasteiger partial charge in [-0.3, -0.25) is 14.7 Å². The van der Waals surface area contributed by atoms with Crippen LogP contribution in [-0.4, -0.2) is 51.7 Å². The number of rotatable bonds is 7. The van der Waals surface area contributed by atoms with E-state index in [0.29, 0.717) is 15.9 Å². The molecule has 0 bridgehead atoms. The van der Waals surface area contributed by atoms with Gasteiger partial charge < -0.3 is 9.47 Å². The number of benzene rings is 2. The summed E-state index contributed by atoms with van der Waals surface area (Å²) in [6, 6.07) is 16.5. The van der Waals surface area contributed by atoms with Crippen molar-refractivity contribution >= 4 is 52.4 Å². The Morgan fingerprint density at radius 3 is 2.65 bits per heavy atom. The number of carbonyl (C=O) groups is 2. The largest absolute Gasteiger partial charge is 0.497 e. The fourth-order valence-electron chi connectivity index (χ4n) is 3.40. The Morgan fingerprint density at radius 2 is 1.97 bits per heavy atom. The molecule has 0 spiro atoms. The molecule has 2 atom stereocenters. The summed E-state index contributed by atoms with van der Waals surface area (Å²) in [7, 11) is 1.60. The van der Waals surface area contributed by atoms with Crippen LogP contribution in [0.4, 0.5) is 0 Å². The van der Waals surface area contributed by atoms with Crippen LogP contribution in [0.2, 0.25) is 0 Å². The van der Waals surface area contributed by atoms with Gasteiger partial charge in [0.05, 0.1) is 7.11 Å². The zero-order chi connectivity index (χ0) is 21.8. The van der Waals surface area contributed by atoms with Gasteiger partial charge in [0.1, 0.15) is 23.4 Å². The van der Waals surface area contributed by atoms with Crippen LogP contribution in [-0.2, 0) is 20.9 Å². The Kier molecular flexibility index (Phi) is 6.96. The summed E-state index contributed by atoms with van der Waals surface area (Å²) in [6.07, 6.45) is 1.72. The van der Waals surface area contributed by atoms with E-state index in [9.17, 15) is 9.59 Å². The Hall–Kier alpha value is -2.33. The lowest BCUT2D eigenvalue weighted by Gasteiger charge is -2.48. The summed E-state index contributed by atoms with van der Waals surface area (Å²) in [6.45, 7) is 0.135. The smallest absolute Gasteiger partial charge is 0.355 e. The van der Waals surface area contributed by atoms with Crippen molar-refractivity contribution in [2.45, 2.75) is 18.0 Å². The number of amides is 1. The molecule has 1 fully saturated rings. The lowest BCUT2D eigenvalue weighted by molar-refractivity contribution is -0.151. The third kappa shape index (κ3) is 4.64. The lowest BCUT2D eigenvalue weighted by atomic mass is 10.0. The fourth-order valence-corrected chi connectivity index (χ4v) is 5.74. The molecule has 0 saturated carbocycles. The molecule has 2 aromatic rings. The highest BCUT2D eigenvalue weighted by Crippen LogP contribution is 2.42. The predicted octanol–water partition coefficient (Wildman–Crippen LogP) is 3.83. The van der Waals surface area contributed by atoms with Gasteiger partial charge in [0.25, 0.3) is 5.91 Å². The van der Waals surface area contributed by atoms with Crippen molar-refractivity contribution < 1.29 is 19.1 Å². The van der Waals surface area contributed by atoms with Gasteiger partial charge in [-0.05, 0) is 28.8 Å². The molecule has 2 aromatic carbocycles. The van der Waals surface area contributed by atoms with E-state index in [-0.39, 0.29) is 17.9 Å². The van der Waals surface area contributed by atoms with Crippen LogP contribution in [0.25, 0.3) is 0 Å². The number of ether oxygens (including phenoxy) is 2. The second kappa shape index (κ2) is 9.86. The first-order valence-corrected chi connectivity index (χ1v) is 12.3. The predicted molar refractivity (Wildman–Crippen MR) is 130 cm³/mol. The van der Waals surface area contributed by atoms with E-state index in [1.165, 1.54) is 0 Å². The Bertz CT molecular complexity index is 1020. The fraction of sp³-hybridized carbons (Fsp3) is 0.261. The Labute approximate surface area is 198 Å². The minimum absolute atomic E-state index is 0.135. The molecule has 2 aliphatic rings. The van der Waals surface area contributed by atoms with Crippen molar-refractivity contribution in [2.24, 2.45) is 4.99 Å². The normalized spacial score (nSPS) is 20.5. The van der Waals surface area contributed by atoms with Crippen molar-refractivity contribution in [3.63, 3.8) is 0 Å². The van der Waals surface area contributed by atoms with Gasteiger partial charge in [0.2, 0.25) is 0 Å². The summed E-state index contributed by atoms with van der Waals surface area (Å²) >= 11 is 3.86. The summed E-state index contributed by atoms with van der Waals surface area (Å²) in [5, 5.41) is -0.178. The number of nitrogens with zero attached hydrogens (tertiary/aromatic N) is 2. The molecule has 6 nitrogen and oxygen atoms in total. The molecule has 0 aliphatic carbocycles. The van der Waals surface area contributed by atoms with E-state index in [1.54, 1.807) is 30.0 Å². The molecule has 1 amide bonds. The summed E-state index contributed by atoms with van der Waals surface area (Å²) in [4.78, 5) is 31.9. The maximum absolute atomic E-state index is 12.9. The topological polar surface area (TPSA) is 68.2 Å². The van der Waals surface area contributed by atoms with Crippen molar-refractivity contribution in [1.82, 2.24) is 4.90 Å². The number of alkyl halides is 1. The molecule has 2 aliphatic heterocycles. The molecule has 1 saturated heterocycles. The number of aliphatic imine (C=N–C) groups is 1. The van der Waals surface area contributed by atoms with Crippen LogP contribution < -0.4 is 4.74 Å². The third-order valence-corrected chi connectivity index (χ3v) is 7.33. The van der Waals surface area contributed by atoms with Crippen LogP contribution in [0.15, 0.2) is 70.9 Å². The minimum atomic E-state index is -0.481. The Morgan fingerprint density at radius 1 is 1.23 bits per heavy atom. The van der Waals surface area contributed by atoms with Crippen molar-refractivity contribution in [3.8, 4) is 5.75 Å². The minimum Gasteiger partial charge on any atom is -0.497 e. The van der Waals surface area contributed by atoms with E-state index in [4.69, 9.17) is 9.47 Å². The van der Waals surface area contributed by atoms with Crippen LogP contribution in [0.3, 0.4) is 0 Å². The number of β-lactam (4-membered cyclic amide) rings is 1. The zero-order valence-corrected chi connectivity index (χ0v) is 19.8. The number of hydrogen-bond acceptors (Lipinski definition) is 6. The molecule has 0 aromatic heterocycles. The number of esters is 1. The van der Waals surface area contributed by atoms with E-state index in [0.717, 1.165) is 22.4 Å². The van der Waals surface area contributed by atoms with E-state index in [2.05, 4.69) is 27.6 Å². The average molecular weight is 548 g/mol. The molecule has 1 unspecified atom stereocenters. The molecule has 4 rings (SSSR count). The highest BCUT2D eigenvalue weighted by molar-refractivity contribution is 14.1. The summed E-state index contributed by atoms with van der Waals surface area (Å²) in [5.74, 6) is 0.794. The van der Waals surface area contributed by atoms with E-state index < -0.39 is 12.0 Å². The number of halogens is 1. The van der Waals surface area contributed by atoms with Gasteiger partial charge in [-0.1, -0.05) is 65.1 Å². The highest BCUT2D eigenvalue weighted by atomic mass is 127. The number of hydrogen-bond donors (Lipinski definition) is 0. The molecule has 0 radical (unpaired) electrons. The third-order valence-electron chi connectivity index (χ3n) is 5.09. The number of fused-ring (bicyclic) bond motifs is 1. The average Bonchev–Trinajstić information content (AvgIpc) is 2.82. The molecule has 0 N–H and O–H groups in total. The number of methoxy groups -OCH3 is 1. The summed E-state index contributed by atoms with van der Waals surface area (Å²) < 4.78 is 11.4. The lowest BCUT2D eigenvalue weighted by Crippen LogP contribution is -2.64. The first kappa shape index (κ1) is 21.9. The molecule has 160 valence electrons. The SMILES string of the molecule is COc1ccc(COC(=O)C2=C(CI)CS[C@H]3C(N=Cc4ccccc4)C(=O)N23)cc1. The van der Waals surface area contributed by atoms with Crippen LogP contribution in [0, 0.1) is 0 Å². The molecular formula is C23H21IN2O4S. The van der Waals surface area contributed by atoms with E-state index in [1.807, 2.05) is 54.6 Å². The van der Waals surface area contributed by atoms with Gasteiger partial charge in [-0.2, -0.15) is 0 Å². The molecule has 31 heavy (non-hydrogen) atoms. The van der Waals surface area contributed by atoms with Crippen LogP contribution in [0.1, 0.15) is 11.1 Å². The summed E-state index contributed by atoms with van der Waals surface area (Å²) in [5.41, 5.74) is 3.09. The monoisotopic (exact) mass is 548 g/mol. The number of thioether (sulfide) groups is 1. The maximum Gasteiger partial charge on any atom is 0.355 e. The van der Waals surface area contributed by atoms with Crippen molar-refractivity contribution in [2.75, 3.05) is 17.3 Å². The second-order valence-electron chi connectivity index (χ2n) is 7.05. The first-order valence-electron chi connectivity index (χ1n) is 9.73. The van der Waals surface area contributed by atoms with Gasteiger partial charge in [-0.25, -0.2) is 4.79 Å². The standard InChI is InChI=1S/C23H21IN2O4S/c1-29-18-9-7-16(8-10-18)13-30-23(28)20-17(11-24)14-31-22-19(21(27)26(20)22)25-12-15-5-3-2-4-6-15/h2-10,12,19,22H,11,13-14H2,1H3/t19?,22-/m0/s1. The molecule has 2 heterocycles. The van der Waals surface area contributed by atoms with Crippen LogP contribution >= 0.6 is 34.4 Å². The molecular weight excluding hydrogens is 527 g/mol. The van der Waals surface area contributed by atoms with Crippen LogP contribution in [0.5, 0.6) is 5.75 Å². The zero-order valence-electron chi connectivity index (χ0n) is 16.9. The quantitative estimate of drug-likeness (QED) is 0.173. The maximum atomic E-state index is 12.9. The van der Waals surface area contributed by atoms with Gasteiger partial charge in [0.15, 0.2) is 6.04 Å². The molecule has 8 heteroatoms. The van der Waals surface area contributed by atoms with E-state index >= 15 is 0 Å². The highest BCUT2D eigenvalue weighted by Gasteiger charge is 2.53. The number of carbonyl (C=O) groups excluding carboxylic acids is 2. The van der Waals surface area contributed by atoms with Gasteiger partial charge in [0, 0.05) is 16.4 Å². The first-order chi connectivity index (χ1) is 15.1. The second-order valence-corrected chi connectivity index (χ2v) is 8.92. The Balaban J connectivity index is 1.46. The van der Waals surface area contributed by atoms with Gasteiger partial charge >= 0.3 is 5.97 Å². The van der Waals surface area contributed by atoms with Gasteiger partial charge in [-0.15, -0.1) is 11.8 Å². The van der Waals surface area contributed by atoms with Crippen molar-refractivity contribution in [3.05, 3.63) is 77.0 Å².